The second-order valence-electron chi connectivity index (χ2n) is 8.82. The lowest BCUT2D eigenvalue weighted by atomic mass is 10.1. The van der Waals surface area contributed by atoms with Crippen molar-refractivity contribution in [2.75, 3.05) is 34.2 Å². The van der Waals surface area contributed by atoms with Crippen molar-refractivity contribution < 1.29 is 17.9 Å². The molecule has 2 aliphatic rings. The van der Waals surface area contributed by atoms with Crippen LogP contribution in [0.1, 0.15) is 26.7 Å². The normalized spacial score (nSPS) is 15.8. The Morgan fingerprint density at radius 2 is 1.77 bits per heavy atom. The summed E-state index contributed by atoms with van der Waals surface area (Å²) in [5.74, 6) is 1.07. The fourth-order valence-corrected chi connectivity index (χ4v) is 5.45. The van der Waals surface area contributed by atoms with E-state index >= 15 is 0 Å². The topological polar surface area (TPSA) is 105 Å². The predicted octanol–water partition coefficient (Wildman–Crippen LogP) is 3.95. The lowest BCUT2D eigenvalue weighted by Gasteiger charge is -2.31. The smallest absolute Gasteiger partial charge is 0.238 e. The van der Waals surface area contributed by atoms with Gasteiger partial charge >= 0.3 is 0 Å². The first-order chi connectivity index (χ1) is 16.8. The maximum absolute atomic E-state index is 12.8. The highest BCUT2D eigenvalue weighted by Crippen LogP contribution is 2.35. The van der Waals surface area contributed by atoms with Crippen LogP contribution in [0.5, 0.6) is 5.88 Å². The molecule has 1 aromatic carbocycles. The van der Waals surface area contributed by atoms with Crippen molar-refractivity contribution in [2.24, 2.45) is 0 Å². The molecule has 0 saturated carbocycles. The van der Waals surface area contributed by atoms with Gasteiger partial charge in [-0.25, -0.2) is 18.4 Å². The van der Waals surface area contributed by atoms with Crippen LogP contribution in [0, 0.1) is 0 Å². The average Bonchev–Trinajstić information content (AvgIpc) is 3.30. The molecule has 9 nitrogen and oxygen atoms in total. The molecule has 0 radical (unpaired) electrons. The van der Waals surface area contributed by atoms with E-state index in [1.807, 2.05) is 41.3 Å². The lowest BCUT2D eigenvalue weighted by Crippen LogP contribution is -2.41. The Balaban J connectivity index is 1.32. The molecule has 2 aromatic heterocycles. The Bertz CT molecular complexity index is 1340. The number of hydrogen-bond acceptors (Lipinski definition) is 7. The number of carbonyl (C=O) groups is 1. The van der Waals surface area contributed by atoms with Crippen LogP contribution in [-0.2, 0) is 14.8 Å². The summed E-state index contributed by atoms with van der Waals surface area (Å²) in [5, 5.41) is 2.64. The minimum atomic E-state index is -3.50. The van der Waals surface area contributed by atoms with Crippen LogP contribution in [0.2, 0.25) is 0 Å². The monoisotopic (exact) mass is 493 g/mol. The van der Waals surface area contributed by atoms with Gasteiger partial charge in [0.2, 0.25) is 21.8 Å². The molecule has 1 N–H and O–H groups in total. The number of amides is 1. The van der Waals surface area contributed by atoms with Crippen molar-refractivity contribution in [2.45, 2.75) is 31.9 Å². The molecule has 1 amide bonds. The van der Waals surface area contributed by atoms with Gasteiger partial charge in [-0.2, -0.15) is 0 Å². The van der Waals surface area contributed by atoms with E-state index in [1.165, 1.54) is 4.31 Å². The third kappa shape index (κ3) is 4.53. The Kier molecular flexibility index (Phi) is 6.06. The highest BCUT2D eigenvalue weighted by Gasteiger charge is 2.32. The lowest BCUT2D eigenvalue weighted by molar-refractivity contribution is -0.117. The number of anilines is 4. The number of rotatable bonds is 6. The van der Waals surface area contributed by atoms with Gasteiger partial charge in [-0.05, 0) is 56.2 Å². The maximum Gasteiger partial charge on any atom is 0.238 e. The maximum atomic E-state index is 12.8. The Labute approximate surface area is 204 Å². The predicted molar refractivity (Wildman–Crippen MR) is 136 cm³/mol. The van der Waals surface area contributed by atoms with Crippen LogP contribution >= 0.6 is 0 Å². The van der Waals surface area contributed by atoms with E-state index in [-0.39, 0.29) is 19.1 Å². The number of fused-ring (bicyclic) bond motifs is 1. The van der Waals surface area contributed by atoms with Crippen LogP contribution in [0.3, 0.4) is 0 Å². The number of carbonyl (C=O) groups excluding carboxylic acids is 1. The summed E-state index contributed by atoms with van der Waals surface area (Å²) in [4.78, 5) is 22.6. The first-order valence-electron chi connectivity index (χ1n) is 11.6. The van der Waals surface area contributed by atoms with Gasteiger partial charge in [0.05, 0.1) is 23.7 Å². The average molecular weight is 494 g/mol. The van der Waals surface area contributed by atoms with Gasteiger partial charge in [0.15, 0.2) is 0 Å². The molecule has 3 aromatic rings. The summed E-state index contributed by atoms with van der Waals surface area (Å²) in [6, 6.07) is 13.4. The number of aromatic nitrogens is 2. The summed E-state index contributed by atoms with van der Waals surface area (Å²) in [7, 11) is -3.50. The number of benzene rings is 1. The Morgan fingerprint density at radius 1 is 1.00 bits per heavy atom. The van der Waals surface area contributed by atoms with Crippen LogP contribution < -0.4 is 19.3 Å². The first kappa shape index (κ1) is 23.1. The van der Waals surface area contributed by atoms with E-state index < -0.39 is 15.3 Å². The zero-order valence-electron chi connectivity index (χ0n) is 19.6. The van der Waals surface area contributed by atoms with E-state index in [9.17, 15) is 13.2 Å². The number of hydrogen-bond donors (Lipinski definition) is 1. The molecule has 0 spiro atoms. The molecule has 1 saturated heterocycles. The second kappa shape index (κ2) is 9.18. The Hall–Kier alpha value is -3.66. The molecular formula is C25H27N5O4S. The quantitative estimate of drug-likeness (QED) is 0.554. The number of pyridine rings is 2. The highest BCUT2D eigenvalue weighted by atomic mass is 32.2. The van der Waals surface area contributed by atoms with Crippen molar-refractivity contribution in [3.63, 3.8) is 0 Å². The van der Waals surface area contributed by atoms with Crippen molar-refractivity contribution in [3.8, 4) is 17.0 Å². The van der Waals surface area contributed by atoms with E-state index in [0.29, 0.717) is 29.5 Å². The number of nitrogens with one attached hydrogen (secondary N) is 1. The molecule has 0 bridgehead atoms. The minimum Gasteiger partial charge on any atom is -0.474 e. The molecule has 0 unspecified atom stereocenters. The number of nitrogens with zero attached hydrogens (tertiary/aromatic N) is 4. The SMILES string of the molecule is CC(C)S(=O)(=O)N1CCOc2ncc(Nc3ccc(-c4ccc(N5CCCC5=O)cc4)cn3)cc21. The second-order valence-corrected chi connectivity index (χ2v) is 11.2. The van der Waals surface area contributed by atoms with Crippen molar-refractivity contribution in [1.82, 2.24) is 9.97 Å². The van der Waals surface area contributed by atoms with E-state index in [2.05, 4.69) is 15.3 Å². The largest absolute Gasteiger partial charge is 0.474 e. The van der Waals surface area contributed by atoms with Crippen molar-refractivity contribution >= 4 is 38.8 Å². The molecule has 10 heteroatoms. The molecule has 4 heterocycles. The third-order valence-corrected chi connectivity index (χ3v) is 8.34. The summed E-state index contributed by atoms with van der Waals surface area (Å²) in [6.07, 6.45) is 4.87. The van der Waals surface area contributed by atoms with E-state index in [0.717, 1.165) is 29.8 Å². The fraction of sp³-hybridized carbons (Fsp3) is 0.320. The molecule has 0 atom stereocenters. The number of sulfonamides is 1. The zero-order chi connectivity index (χ0) is 24.6. The van der Waals surface area contributed by atoms with Crippen LogP contribution in [-0.4, -0.2) is 49.2 Å². The van der Waals surface area contributed by atoms with Crippen molar-refractivity contribution in [3.05, 3.63) is 54.9 Å². The zero-order valence-corrected chi connectivity index (χ0v) is 20.5. The Morgan fingerprint density at radius 3 is 2.43 bits per heavy atom. The van der Waals surface area contributed by atoms with Gasteiger partial charge in [0.1, 0.15) is 18.1 Å². The van der Waals surface area contributed by atoms with Gasteiger partial charge in [-0.1, -0.05) is 12.1 Å². The molecule has 0 aliphatic carbocycles. The highest BCUT2D eigenvalue weighted by molar-refractivity contribution is 7.93. The summed E-state index contributed by atoms with van der Waals surface area (Å²) in [5.41, 5.74) is 3.89. The molecule has 35 heavy (non-hydrogen) atoms. The molecular weight excluding hydrogens is 466 g/mol. The van der Waals surface area contributed by atoms with Gasteiger partial charge in [0, 0.05) is 30.4 Å². The van der Waals surface area contributed by atoms with Gasteiger partial charge in [-0.3, -0.25) is 9.10 Å². The standard InChI is InChI=1S/C25H27N5O4S/c1-17(2)35(32,33)30-12-13-34-25-22(30)14-20(16-27-25)28-23-10-7-19(15-26-23)18-5-8-21(9-6-18)29-11-3-4-24(29)31/h5-10,14-17H,3-4,11-13H2,1-2H3,(H,26,28). The summed E-state index contributed by atoms with van der Waals surface area (Å²) in [6.45, 7) is 4.59. The first-order valence-corrected chi connectivity index (χ1v) is 13.1. The molecule has 2 aliphatic heterocycles. The van der Waals surface area contributed by atoms with Crippen molar-refractivity contribution in [1.29, 1.82) is 0 Å². The van der Waals surface area contributed by atoms with Crippen LogP contribution in [0.15, 0.2) is 54.9 Å². The number of ether oxygens (including phenoxy) is 1. The van der Waals surface area contributed by atoms with Gasteiger partial charge in [0.25, 0.3) is 0 Å². The van der Waals surface area contributed by atoms with E-state index in [4.69, 9.17) is 4.74 Å². The van der Waals surface area contributed by atoms with Crippen LogP contribution in [0.4, 0.5) is 22.9 Å². The summed E-state index contributed by atoms with van der Waals surface area (Å²) >= 11 is 0. The van der Waals surface area contributed by atoms with E-state index in [1.54, 1.807) is 32.3 Å². The molecule has 1 fully saturated rings. The van der Waals surface area contributed by atoms with Crippen LogP contribution in [0.25, 0.3) is 11.1 Å². The summed E-state index contributed by atoms with van der Waals surface area (Å²) < 4.78 is 32.5. The van der Waals surface area contributed by atoms with Gasteiger partial charge in [-0.15, -0.1) is 0 Å². The third-order valence-electron chi connectivity index (χ3n) is 6.16. The minimum absolute atomic E-state index is 0.169. The van der Waals surface area contributed by atoms with Gasteiger partial charge < -0.3 is 15.0 Å². The fourth-order valence-electron chi connectivity index (χ4n) is 4.20. The molecule has 5 rings (SSSR count). The molecule has 182 valence electrons.